The van der Waals surface area contributed by atoms with Crippen molar-refractivity contribution in [3.05, 3.63) is 54.6 Å². The van der Waals surface area contributed by atoms with Gasteiger partial charge in [0.15, 0.2) is 0 Å². The molecule has 0 unspecified atom stereocenters. The van der Waals surface area contributed by atoms with Crippen molar-refractivity contribution >= 4 is 21.6 Å². The standard InChI is InChI=1S/C20H25N3O4S/c1-17(24)21-18-7-9-20(10-8-18)28(25,26)23-13-11-22(12-14-23)15-16-27-19-5-3-2-4-6-19/h2-10H,11-16H2,1H3,(H,21,24)/p+1. The molecule has 28 heavy (non-hydrogen) atoms. The van der Waals surface area contributed by atoms with Gasteiger partial charge in [0.2, 0.25) is 15.9 Å². The van der Waals surface area contributed by atoms with Gasteiger partial charge < -0.3 is 15.0 Å². The van der Waals surface area contributed by atoms with Gasteiger partial charge >= 0.3 is 0 Å². The summed E-state index contributed by atoms with van der Waals surface area (Å²) in [7, 11) is -3.52. The molecule has 1 amide bonds. The maximum absolute atomic E-state index is 12.8. The number of anilines is 1. The molecule has 1 aliphatic heterocycles. The zero-order chi connectivity index (χ0) is 20.0. The van der Waals surface area contributed by atoms with Crippen molar-refractivity contribution in [3.8, 4) is 5.75 Å². The number of ether oxygens (including phenoxy) is 1. The Bertz CT molecular complexity index is 877. The van der Waals surface area contributed by atoms with Crippen LogP contribution in [0, 0.1) is 0 Å². The minimum absolute atomic E-state index is 0.189. The Balaban J connectivity index is 1.49. The SMILES string of the molecule is CC(=O)Nc1ccc(S(=O)(=O)N2CC[NH+](CCOc3ccccc3)CC2)cc1. The van der Waals surface area contributed by atoms with E-state index in [0.717, 1.165) is 25.4 Å². The Labute approximate surface area is 166 Å². The Morgan fingerprint density at radius 2 is 1.71 bits per heavy atom. The van der Waals surface area contributed by atoms with E-state index in [1.54, 1.807) is 12.1 Å². The summed E-state index contributed by atoms with van der Waals surface area (Å²) >= 11 is 0. The lowest BCUT2D eigenvalue weighted by Gasteiger charge is -2.31. The molecule has 3 rings (SSSR count). The van der Waals surface area contributed by atoms with Crippen LogP contribution in [0.1, 0.15) is 6.92 Å². The summed E-state index contributed by atoms with van der Waals surface area (Å²) in [5.41, 5.74) is 0.583. The van der Waals surface area contributed by atoms with Crippen LogP contribution < -0.4 is 15.0 Å². The summed E-state index contributed by atoms with van der Waals surface area (Å²) in [4.78, 5) is 12.7. The van der Waals surface area contributed by atoms with Crippen LogP contribution in [-0.4, -0.2) is 58.0 Å². The Morgan fingerprint density at radius 3 is 2.32 bits per heavy atom. The summed E-state index contributed by atoms with van der Waals surface area (Å²) in [6.07, 6.45) is 0. The largest absolute Gasteiger partial charge is 0.488 e. The van der Waals surface area contributed by atoms with Crippen molar-refractivity contribution in [2.24, 2.45) is 0 Å². The predicted molar refractivity (Wildman–Crippen MR) is 107 cm³/mol. The smallest absolute Gasteiger partial charge is 0.243 e. The zero-order valence-corrected chi connectivity index (χ0v) is 16.7. The van der Waals surface area contributed by atoms with Gasteiger partial charge in [-0.25, -0.2) is 8.42 Å². The number of carbonyl (C=O) groups is 1. The van der Waals surface area contributed by atoms with Gasteiger partial charge in [0.25, 0.3) is 0 Å². The van der Waals surface area contributed by atoms with Crippen LogP contribution in [0.4, 0.5) is 5.69 Å². The topological polar surface area (TPSA) is 80.2 Å². The summed E-state index contributed by atoms with van der Waals surface area (Å²) < 4.78 is 32.9. The maximum Gasteiger partial charge on any atom is 0.243 e. The second-order valence-electron chi connectivity index (χ2n) is 6.77. The molecule has 1 saturated heterocycles. The van der Waals surface area contributed by atoms with E-state index >= 15 is 0 Å². The molecule has 0 aliphatic carbocycles. The quantitative estimate of drug-likeness (QED) is 0.709. The van der Waals surface area contributed by atoms with E-state index in [9.17, 15) is 13.2 Å². The highest BCUT2D eigenvalue weighted by molar-refractivity contribution is 7.89. The molecule has 2 aromatic rings. The van der Waals surface area contributed by atoms with Crippen molar-refractivity contribution in [2.75, 3.05) is 44.6 Å². The van der Waals surface area contributed by atoms with Crippen LogP contribution in [0.25, 0.3) is 0 Å². The van der Waals surface area contributed by atoms with E-state index in [4.69, 9.17) is 4.74 Å². The van der Waals surface area contributed by atoms with Crippen LogP contribution >= 0.6 is 0 Å². The molecule has 2 aromatic carbocycles. The summed E-state index contributed by atoms with van der Waals surface area (Å²) in [5, 5.41) is 2.64. The number of nitrogens with one attached hydrogen (secondary N) is 2. The molecule has 7 nitrogen and oxygen atoms in total. The highest BCUT2D eigenvalue weighted by Crippen LogP contribution is 2.18. The van der Waals surface area contributed by atoms with E-state index in [1.165, 1.54) is 28.3 Å². The van der Waals surface area contributed by atoms with E-state index < -0.39 is 10.0 Å². The maximum atomic E-state index is 12.8. The van der Waals surface area contributed by atoms with Crippen LogP contribution in [0.15, 0.2) is 59.5 Å². The lowest BCUT2D eigenvalue weighted by atomic mass is 10.3. The number of hydrogen-bond acceptors (Lipinski definition) is 4. The molecular weight excluding hydrogens is 378 g/mol. The number of benzene rings is 2. The molecule has 1 aliphatic rings. The highest BCUT2D eigenvalue weighted by Gasteiger charge is 2.30. The molecular formula is C20H26N3O4S+. The van der Waals surface area contributed by atoms with Gasteiger partial charge in [-0.15, -0.1) is 0 Å². The normalized spacial score (nSPS) is 15.9. The van der Waals surface area contributed by atoms with Crippen molar-refractivity contribution in [1.29, 1.82) is 0 Å². The molecule has 1 fully saturated rings. The third-order valence-corrected chi connectivity index (χ3v) is 6.62. The zero-order valence-electron chi connectivity index (χ0n) is 15.9. The minimum Gasteiger partial charge on any atom is -0.488 e. The number of quaternary nitrogens is 1. The first-order valence-corrected chi connectivity index (χ1v) is 10.8. The van der Waals surface area contributed by atoms with Crippen molar-refractivity contribution in [3.63, 3.8) is 0 Å². The molecule has 150 valence electrons. The number of para-hydroxylation sites is 1. The average Bonchev–Trinajstić information content (AvgIpc) is 2.69. The van der Waals surface area contributed by atoms with Crippen molar-refractivity contribution in [1.82, 2.24) is 4.31 Å². The van der Waals surface area contributed by atoms with Crippen LogP contribution in [0.2, 0.25) is 0 Å². The van der Waals surface area contributed by atoms with Gasteiger partial charge in [0, 0.05) is 12.6 Å². The Morgan fingerprint density at radius 1 is 1.07 bits per heavy atom. The third-order valence-electron chi connectivity index (χ3n) is 4.71. The summed E-state index contributed by atoms with van der Waals surface area (Å²) in [6.45, 7) is 5.33. The van der Waals surface area contributed by atoms with Crippen molar-refractivity contribution < 1.29 is 22.8 Å². The molecule has 0 atom stereocenters. The van der Waals surface area contributed by atoms with Gasteiger partial charge in [-0.3, -0.25) is 4.79 Å². The molecule has 2 N–H and O–H groups in total. The van der Waals surface area contributed by atoms with Crippen molar-refractivity contribution in [2.45, 2.75) is 11.8 Å². The van der Waals surface area contributed by atoms with E-state index in [0.29, 0.717) is 25.4 Å². The lowest BCUT2D eigenvalue weighted by molar-refractivity contribution is -0.903. The molecule has 8 heteroatoms. The number of amides is 1. The lowest BCUT2D eigenvalue weighted by Crippen LogP contribution is -3.15. The summed E-state index contributed by atoms with van der Waals surface area (Å²) in [5.74, 6) is 0.664. The summed E-state index contributed by atoms with van der Waals surface area (Å²) in [6, 6.07) is 16.0. The first kappa shape index (κ1) is 20.3. The van der Waals surface area contributed by atoms with E-state index in [1.807, 2.05) is 30.3 Å². The van der Waals surface area contributed by atoms with E-state index in [-0.39, 0.29) is 10.8 Å². The van der Waals surface area contributed by atoms with Crippen LogP contribution in [0.3, 0.4) is 0 Å². The van der Waals surface area contributed by atoms with Gasteiger partial charge in [-0.2, -0.15) is 4.31 Å². The third kappa shape index (κ3) is 5.31. The highest BCUT2D eigenvalue weighted by atomic mass is 32.2. The van der Waals surface area contributed by atoms with Gasteiger partial charge in [-0.1, -0.05) is 18.2 Å². The van der Waals surface area contributed by atoms with Gasteiger partial charge in [0.1, 0.15) is 18.9 Å². The number of carbonyl (C=O) groups excluding carboxylic acids is 1. The number of hydrogen-bond donors (Lipinski definition) is 2. The molecule has 0 radical (unpaired) electrons. The minimum atomic E-state index is -3.52. The second-order valence-corrected chi connectivity index (χ2v) is 8.71. The molecule has 0 saturated carbocycles. The number of sulfonamides is 1. The van der Waals surface area contributed by atoms with E-state index in [2.05, 4.69) is 5.32 Å². The fourth-order valence-corrected chi connectivity index (χ4v) is 4.63. The Kier molecular flexibility index (Phi) is 6.66. The first-order chi connectivity index (χ1) is 13.4. The number of piperazine rings is 1. The predicted octanol–water partition coefficient (Wildman–Crippen LogP) is 0.613. The second kappa shape index (κ2) is 9.18. The fraction of sp³-hybridized carbons (Fsp3) is 0.350. The van der Waals surface area contributed by atoms with Crippen LogP contribution in [-0.2, 0) is 14.8 Å². The average molecular weight is 405 g/mol. The molecule has 0 aromatic heterocycles. The monoisotopic (exact) mass is 404 g/mol. The molecule has 1 heterocycles. The number of nitrogens with zero attached hydrogens (tertiary/aromatic N) is 1. The Hall–Kier alpha value is -2.42. The number of rotatable bonds is 7. The van der Waals surface area contributed by atoms with Gasteiger partial charge in [-0.05, 0) is 36.4 Å². The van der Waals surface area contributed by atoms with Crippen LogP contribution in [0.5, 0.6) is 5.75 Å². The first-order valence-electron chi connectivity index (χ1n) is 9.34. The fourth-order valence-electron chi connectivity index (χ4n) is 3.19. The van der Waals surface area contributed by atoms with Gasteiger partial charge in [0.05, 0.1) is 31.1 Å². The molecule has 0 spiro atoms. The molecule has 0 bridgehead atoms.